The third-order valence-corrected chi connectivity index (χ3v) is 2.45. The number of hydrogen-bond acceptors (Lipinski definition) is 4. The molecule has 16 heavy (non-hydrogen) atoms. The van der Waals surface area contributed by atoms with Gasteiger partial charge in [-0.1, -0.05) is 6.92 Å². The molecule has 5 nitrogen and oxygen atoms in total. The van der Waals surface area contributed by atoms with Gasteiger partial charge in [-0.15, -0.1) is 0 Å². The van der Waals surface area contributed by atoms with Crippen molar-refractivity contribution in [2.24, 2.45) is 0 Å². The molecular formula is C11H24N2O3. The van der Waals surface area contributed by atoms with Crippen molar-refractivity contribution >= 4 is 5.91 Å². The summed E-state index contributed by atoms with van der Waals surface area (Å²) in [5, 5.41) is 14.8. The number of hydrogen-bond donors (Lipinski definition) is 3. The highest BCUT2D eigenvalue weighted by Crippen LogP contribution is 1.98. The zero-order chi connectivity index (χ0) is 12.4. The number of aliphatic hydroxyl groups is 1. The Morgan fingerprint density at radius 1 is 1.50 bits per heavy atom. The molecular weight excluding hydrogens is 208 g/mol. The van der Waals surface area contributed by atoms with Gasteiger partial charge in [0, 0.05) is 26.3 Å². The Morgan fingerprint density at radius 3 is 2.69 bits per heavy atom. The molecule has 2 atom stereocenters. The minimum Gasteiger partial charge on any atom is -0.396 e. The molecule has 0 spiro atoms. The molecule has 0 aromatic carbocycles. The van der Waals surface area contributed by atoms with Crippen molar-refractivity contribution < 1.29 is 14.6 Å². The molecule has 0 aliphatic rings. The molecule has 96 valence electrons. The van der Waals surface area contributed by atoms with E-state index in [0.29, 0.717) is 19.6 Å². The van der Waals surface area contributed by atoms with Crippen molar-refractivity contribution in [1.29, 1.82) is 0 Å². The van der Waals surface area contributed by atoms with Gasteiger partial charge in [0.2, 0.25) is 5.91 Å². The summed E-state index contributed by atoms with van der Waals surface area (Å²) in [6, 6.07) is -0.0541. The highest BCUT2D eigenvalue weighted by Gasteiger charge is 2.15. The van der Waals surface area contributed by atoms with Gasteiger partial charge in [0.25, 0.3) is 0 Å². The van der Waals surface area contributed by atoms with Crippen LogP contribution in [0.3, 0.4) is 0 Å². The van der Waals surface area contributed by atoms with Crippen LogP contribution in [0.1, 0.15) is 26.7 Å². The third kappa shape index (κ3) is 6.76. The largest absolute Gasteiger partial charge is 0.396 e. The van der Waals surface area contributed by atoms with E-state index in [2.05, 4.69) is 10.6 Å². The van der Waals surface area contributed by atoms with E-state index in [9.17, 15) is 4.79 Å². The Morgan fingerprint density at radius 2 is 2.19 bits per heavy atom. The van der Waals surface area contributed by atoms with E-state index in [4.69, 9.17) is 9.84 Å². The van der Waals surface area contributed by atoms with Crippen LogP contribution < -0.4 is 10.6 Å². The molecule has 2 unspecified atom stereocenters. The number of nitrogens with one attached hydrogen (secondary N) is 2. The minimum atomic E-state index is -0.242. The maximum Gasteiger partial charge on any atom is 0.236 e. The van der Waals surface area contributed by atoms with Crippen molar-refractivity contribution in [2.45, 2.75) is 38.8 Å². The third-order valence-electron chi connectivity index (χ3n) is 2.45. The number of methoxy groups -OCH3 is 1. The van der Waals surface area contributed by atoms with Crippen LogP contribution in [0.5, 0.6) is 0 Å². The lowest BCUT2D eigenvalue weighted by atomic mass is 10.1. The average Bonchev–Trinajstić information content (AvgIpc) is 2.28. The first-order chi connectivity index (χ1) is 7.65. The molecule has 0 radical (unpaired) electrons. The zero-order valence-corrected chi connectivity index (χ0v) is 10.5. The van der Waals surface area contributed by atoms with Crippen molar-refractivity contribution in [2.75, 3.05) is 26.9 Å². The molecule has 0 saturated heterocycles. The first-order valence-corrected chi connectivity index (χ1v) is 5.79. The first kappa shape index (κ1) is 15.3. The number of carbonyl (C=O) groups is 1. The molecule has 0 bridgehead atoms. The molecule has 0 aliphatic heterocycles. The van der Waals surface area contributed by atoms with E-state index < -0.39 is 0 Å². The van der Waals surface area contributed by atoms with Crippen LogP contribution in [0.15, 0.2) is 0 Å². The van der Waals surface area contributed by atoms with E-state index in [1.54, 1.807) is 7.11 Å². The topological polar surface area (TPSA) is 70.6 Å². The van der Waals surface area contributed by atoms with Crippen molar-refractivity contribution in [3.63, 3.8) is 0 Å². The summed E-state index contributed by atoms with van der Waals surface area (Å²) in [6.45, 7) is 5.04. The number of carbonyl (C=O) groups excluding carboxylic acids is 1. The lowest BCUT2D eigenvalue weighted by Crippen LogP contribution is -2.47. The Kier molecular flexibility index (Phi) is 9.18. The van der Waals surface area contributed by atoms with Gasteiger partial charge in [0.05, 0.1) is 12.6 Å². The molecule has 5 heteroatoms. The van der Waals surface area contributed by atoms with Crippen molar-refractivity contribution in [3.05, 3.63) is 0 Å². The zero-order valence-electron chi connectivity index (χ0n) is 10.5. The van der Waals surface area contributed by atoms with Gasteiger partial charge < -0.3 is 20.5 Å². The summed E-state index contributed by atoms with van der Waals surface area (Å²) in [6.07, 6.45) is 1.57. The second-order valence-corrected chi connectivity index (χ2v) is 3.79. The summed E-state index contributed by atoms with van der Waals surface area (Å²) in [5.74, 6) is -0.0339. The molecule has 0 fully saturated rings. The lowest BCUT2D eigenvalue weighted by molar-refractivity contribution is -0.123. The Hall–Kier alpha value is -0.650. The minimum absolute atomic E-state index is 0.0339. The summed E-state index contributed by atoms with van der Waals surface area (Å²) in [5.41, 5.74) is 0. The molecule has 3 N–H and O–H groups in total. The van der Waals surface area contributed by atoms with Gasteiger partial charge in [0.1, 0.15) is 0 Å². The van der Waals surface area contributed by atoms with E-state index in [1.165, 1.54) is 0 Å². The standard InChI is InChI=1S/C11H24N2O3/c1-4-10(5-7-14)13-9(2)11(15)12-6-8-16-3/h9-10,13-14H,4-8H2,1-3H3,(H,12,15). The summed E-state index contributed by atoms with van der Waals surface area (Å²) >= 11 is 0. The number of amides is 1. The SMILES string of the molecule is CCC(CCO)NC(C)C(=O)NCCOC. The number of ether oxygens (including phenoxy) is 1. The highest BCUT2D eigenvalue weighted by atomic mass is 16.5. The van der Waals surface area contributed by atoms with E-state index in [-0.39, 0.29) is 24.6 Å². The number of rotatable bonds is 9. The van der Waals surface area contributed by atoms with Crippen LogP contribution in [0, 0.1) is 0 Å². The quantitative estimate of drug-likeness (QED) is 0.485. The highest BCUT2D eigenvalue weighted by molar-refractivity contribution is 5.81. The lowest BCUT2D eigenvalue weighted by Gasteiger charge is -2.21. The number of aliphatic hydroxyl groups excluding tert-OH is 1. The molecule has 0 rings (SSSR count). The molecule has 1 amide bonds. The van der Waals surface area contributed by atoms with Gasteiger partial charge in [-0.05, 0) is 19.8 Å². The predicted molar refractivity (Wildman–Crippen MR) is 63.3 cm³/mol. The fourth-order valence-electron chi connectivity index (χ4n) is 1.42. The molecule has 0 aromatic rings. The van der Waals surface area contributed by atoms with Crippen LogP contribution in [0.25, 0.3) is 0 Å². The van der Waals surface area contributed by atoms with Gasteiger partial charge in [0.15, 0.2) is 0 Å². The first-order valence-electron chi connectivity index (χ1n) is 5.79. The Balaban J connectivity index is 3.83. The molecule has 0 saturated carbocycles. The van der Waals surface area contributed by atoms with Gasteiger partial charge in [-0.25, -0.2) is 0 Å². The summed E-state index contributed by atoms with van der Waals surface area (Å²) in [4.78, 5) is 11.6. The smallest absolute Gasteiger partial charge is 0.236 e. The van der Waals surface area contributed by atoms with Gasteiger partial charge in [-0.3, -0.25) is 4.79 Å². The maximum atomic E-state index is 11.6. The van der Waals surface area contributed by atoms with Crippen LogP contribution in [0.4, 0.5) is 0 Å². The predicted octanol–water partition coefficient (Wildman–Crippen LogP) is -0.112. The Labute approximate surface area is 97.6 Å². The fraction of sp³-hybridized carbons (Fsp3) is 0.909. The van der Waals surface area contributed by atoms with Crippen LogP contribution >= 0.6 is 0 Å². The second-order valence-electron chi connectivity index (χ2n) is 3.79. The normalized spacial score (nSPS) is 14.5. The second kappa shape index (κ2) is 9.57. The fourth-order valence-corrected chi connectivity index (χ4v) is 1.42. The van der Waals surface area contributed by atoms with Crippen LogP contribution in [0.2, 0.25) is 0 Å². The molecule has 0 heterocycles. The van der Waals surface area contributed by atoms with E-state index >= 15 is 0 Å². The van der Waals surface area contributed by atoms with Crippen LogP contribution in [-0.2, 0) is 9.53 Å². The summed E-state index contributed by atoms with van der Waals surface area (Å²) < 4.78 is 4.84. The monoisotopic (exact) mass is 232 g/mol. The van der Waals surface area contributed by atoms with E-state index in [0.717, 1.165) is 6.42 Å². The molecule has 0 aliphatic carbocycles. The van der Waals surface area contributed by atoms with Crippen molar-refractivity contribution in [1.82, 2.24) is 10.6 Å². The van der Waals surface area contributed by atoms with Gasteiger partial charge >= 0.3 is 0 Å². The average molecular weight is 232 g/mol. The Bertz CT molecular complexity index is 188. The van der Waals surface area contributed by atoms with Crippen molar-refractivity contribution in [3.8, 4) is 0 Å². The molecule has 0 aromatic heterocycles. The van der Waals surface area contributed by atoms with E-state index in [1.807, 2.05) is 13.8 Å². The van der Waals surface area contributed by atoms with Gasteiger partial charge in [-0.2, -0.15) is 0 Å². The maximum absolute atomic E-state index is 11.6. The summed E-state index contributed by atoms with van der Waals surface area (Å²) in [7, 11) is 1.60. The van der Waals surface area contributed by atoms with Crippen LogP contribution in [-0.4, -0.2) is 50.0 Å².